The van der Waals surface area contributed by atoms with E-state index < -0.39 is 0 Å². The second-order valence-corrected chi connectivity index (χ2v) is 11.6. The van der Waals surface area contributed by atoms with Crippen LogP contribution in [0.3, 0.4) is 0 Å². The Morgan fingerprint density at radius 1 is 0.326 bits per heavy atom. The van der Waals surface area contributed by atoms with Crippen molar-refractivity contribution in [3.05, 3.63) is 164 Å². The first-order chi connectivity index (χ1) is 22.8. The summed E-state index contributed by atoms with van der Waals surface area (Å²) in [5, 5.41) is 8.65. The van der Waals surface area contributed by atoms with Gasteiger partial charge in [-0.2, -0.15) is 0 Å². The van der Waals surface area contributed by atoms with Crippen LogP contribution in [-0.4, -0.2) is 15.0 Å². The van der Waals surface area contributed by atoms with Crippen molar-refractivity contribution in [3.63, 3.8) is 0 Å². The van der Waals surface area contributed by atoms with E-state index in [9.17, 15) is 0 Å². The largest absolute Gasteiger partial charge is 0.256 e. The Morgan fingerprint density at radius 2 is 0.848 bits per heavy atom. The highest BCUT2D eigenvalue weighted by Crippen LogP contribution is 2.38. The fraction of sp³-hybridized carbons (Fsp3) is 0. The minimum absolute atomic E-state index is 0.700. The van der Waals surface area contributed by atoms with Crippen molar-refractivity contribution in [1.29, 1.82) is 0 Å². The van der Waals surface area contributed by atoms with Crippen molar-refractivity contribution in [1.82, 2.24) is 15.0 Å². The highest BCUT2D eigenvalue weighted by molar-refractivity contribution is 6.25. The van der Waals surface area contributed by atoms with Gasteiger partial charge in [-0.1, -0.05) is 133 Å². The molecule has 9 rings (SSSR count). The normalized spacial score (nSPS) is 11.5. The van der Waals surface area contributed by atoms with E-state index in [2.05, 4.69) is 151 Å². The van der Waals surface area contributed by atoms with Crippen LogP contribution in [-0.2, 0) is 0 Å². The Bertz CT molecular complexity index is 2530. The van der Waals surface area contributed by atoms with Crippen LogP contribution in [0, 0.1) is 0 Å². The molecule has 214 valence electrons. The lowest BCUT2D eigenvalue weighted by atomic mass is 9.92. The van der Waals surface area contributed by atoms with Crippen LogP contribution in [0.5, 0.6) is 0 Å². The topological polar surface area (TPSA) is 38.7 Å². The van der Waals surface area contributed by atoms with E-state index in [-0.39, 0.29) is 0 Å². The maximum absolute atomic E-state index is 5.18. The molecule has 0 radical (unpaired) electrons. The molecule has 0 bridgehead atoms. The van der Waals surface area contributed by atoms with Gasteiger partial charge in [0.2, 0.25) is 0 Å². The molecule has 0 unspecified atom stereocenters. The first-order valence-electron chi connectivity index (χ1n) is 15.5. The molecular weight excluding hydrogens is 558 g/mol. The van der Waals surface area contributed by atoms with E-state index in [0.29, 0.717) is 5.82 Å². The molecular formula is C43H27N3. The number of hydrogen-bond donors (Lipinski definition) is 0. The molecule has 46 heavy (non-hydrogen) atoms. The third kappa shape index (κ3) is 4.41. The average Bonchev–Trinajstić information content (AvgIpc) is 3.15. The molecule has 0 saturated carbocycles. The number of hydrogen-bond acceptors (Lipinski definition) is 3. The Labute approximate surface area is 266 Å². The summed E-state index contributed by atoms with van der Waals surface area (Å²) in [6.45, 7) is 0. The standard InChI is InChI=1S/C43H27N3/c1-2-10-29(11-3-1)41-27-42(31-22-23-37-35-14-5-4-12-33(35)34-13-6-7-15-36(34)39(37)26-31)46-43(45-41)30-20-18-28(19-21-30)32-24-25-44-40-17-9-8-16-38(32)40/h1-27H. The van der Waals surface area contributed by atoms with Gasteiger partial charge in [0.15, 0.2) is 5.82 Å². The third-order valence-electron chi connectivity index (χ3n) is 8.94. The molecule has 2 aromatic heterocycles. The predicted molar refractivity (Wildman–Crippen MR) is 192 cm³/mol. The quantitative estimate of drug-likeness (QED) is 0.193. The molecule has 0 aliphatic rings. The summed E-state index contributed by atoms with van der Waals surface area (Å²) in [5.41, 5.74) is 8.17. The number of fused-ring (bicyclic) bond motifs is 7. The zero-order chi connectivity index (χ0) is 30.5. The van der Waals surface area contributed by atoms with Gasteiger partial charge >= 0.3 is 0 Å². The van der Waals surface area contributed by atoms with Gasteiger partial charge in [0.1, 0.15) is 0 Å². The Morgan fingerprint density at radius 3 is 1.54 bits per heavy atom. The van der Waals surface area contributed by atoms with E-state index in [1.54, 1.807) is 0 Å². The molecule has 0 fully saturated rings. The maximum Gasteiger partial charge on any atom is 0.160 e. The van der Waals surface area contributed by atoms with Gasteiger partial charge in [-0.15, -0.1) is 0 Å². The second-order valence-electron chi connectivity index (χ2n) is 11.6. The SMILES string of the molecule is c1ccc(-c2cc(-c3ccc4c5ccccc5c5ccccc5c4c3)nc(-c3ccc(-c4ccnc5ccccc45)cc3)n2)cc1. The lowest BCUT2D eigenvalue weighted by Gasteiger charge is -2.13. The van der Waals surface area contributed by atoms with Gasteiger partial charge in [0.05, 0.1) is 16.9 Å². The van der Waals surface area contributed by atoms with Crippen LogP contribution in [0.1, 0.15) is 0 Å². The Kier molecular flexibility index (Phi) is 6.14. The van der Waals surface area contributed by atoms with Crippen LogP contribution < -0.4 is 0 Å². The van der Waals surface area contributed by atoms with Crippen molar-refractivity contribution < 1.29 is 0 Å². The van der Waals surface area contributed by atoms with E-state index in [1.165, 1.54) is 32.3 Å². The van der Waals surface area contributed by atoms with Crippen LogP contribution in [0.25, 0.3) is 88.2 Å². The van der Waals surface area contributed by atoms with Gasteiger partial charge in [-0.05, 0) is 67.7 Å². The molecule has 0 amide bonds. The summed E-state index contributed by atoms with van der Waals surface area (Å²) in [7, 11) is 0. The van der Waals surface area contributed by atoms with E-state index in [1.807, 2.05) is 18.3 Å². The van der Waals surface area contributed by atoms with E-state index in [0.717, 1.165) is 50.1 Å². The van der Waals surface area contributed by atoms with Crippen LogP contribution in [0.2, 0.25) is 0 Å². The fourth-order valence-corrected chi connectivity index (χ4v) is 6.69. The number of pyridine rings is 1. The number of nitrogens with zero attached hydrogens (tertiary/aromatic N) is 3. The van der Waals surface area contributed by atoms with Crippen LogP contribution >= 0.6 is 0 Å². The van der Waals surface area contributed by atoms with Crippen molar-refractivity contribution >= 4 is 43.2 Å². The molecule has 0 aliphatic heterocycles. The lowest BCUT2D eigenvalue weighted by molar-refractivity contribution is 1.18. The molecule has 3 nitrogen and oxygen atoms in total. The average molecular weight is 586 g/mol. The van der Waals surface area contributed by atoms with Crippen LogP contribution in [0.4, 0.5) is 0 Å². The molecule has 2 heterocycles. The first-order valence-corrected chi connectivity index (χ1v) is 15.5. The highest BCUT2D eigenvalue weighted by Gasteiger charge is 2.14. The zero-order valence-electron chi connectivity index (χ0n) is 24.9. The smallest absolute Gasteiger partial charge is 0.160 e. The van der Waals surface area contributed by atoms with Gasteiger partial charge in [-0.3, -0.25) is 4.98 Å². The van der Waals surface area contributed by atoms with Crippen molar-refractivity contribution in [3.8, 4) is 45.0 Å². The molecule has 0 N–H and O–H groups in total. The Hall–Kier alpha value is -6.19. The fourth-order valence-electron chi connectivity index (χ4n) is 6.69. The van der Waals surface area contributed by atoms with Gasteiger partial charge < -0.3 is 0 Å². The summed E-state index contributed by atoms with van der Waals surface area (Å²) in [4.78, 5) is 14.8. The predicted octanol–water partition coefficient (Wildman–Crippen LogP) is 11.2. The van der Waals surface area contributed by atoms with Crippen molar-refractivity contribution in [2.24, 2.45) is 0 Å². The summed E-state index contributed by atoms with van der Waals surface area (Å²) >= 11 is 0. The summed E-state index contributed by atoms with van der Waals surface area (Å²) in [5.74, 6) is 0.700. The highest BCUT2D eigenvalue weighted by atomic mass is 14.9. The maximum atomic E-state index is 5.18. The minimum atomic E-state index is 0.700. The summed E-state index contributed by atoms with van der Waals surface area (Å²) in [6.07, 6.45) is 1.87. The van der Waals surface area contributed by atoms with Crippen LogP contribution in [0.15, 0.2) is 164 Å². The minimum Gasteiger partial charge on any atom is -0.256 e. The number of rotatable bonds is 4. The summed E-state index contributed by atoms with van der Waals surface area (Å²) < 4.78 is 0. The van der Waals surface area contributed by atoms with E-state index in [4.69, 9.17) is 9.97 Å². The molecule has 7 aromatic carbocycles. The molecule has 0 saturated heterocycles. The van der Waals surface area contributed by atoms with Gasteiger partial charge in [0.25, 0.3) is 0 Å². The second kappa shape index (κ2) is 10.8. The number of aromatic nitrogens is 3. The molecule has 0 spiro atoms. The zero-order valence-corrected chi connectivity index (χ0v) is 24.9. The third-order valence-corrected chi connectivity index (χ3v) is 8.94. The molecule has 0 atom stereocenters. The van der Waals surface area contributed by atoms with Crippen molar-refractivity contribution in [2.45, 2.75) is 0 Å². The molecule has 9 aromatic rings. The monoisotopic (exact) mass is 585 g/mol. The number of benzene rings is 7. The molecule has 3 heteroatoms. The number of para-hydroxylation sites is 1. The van der Waals surface area contributed by atoms with Gasteiger partial charge in [0, 0.05) is 28.3 Å². The summed E-state index contributed by atoms with van der Waals surface area (Å²) in [6, 6.07) is 55.5. The van der Waals surface area contributed by atoms with Crippen molar-refractivity contribution in [2.75, 3.05) is 0 Å². The van der Waals surface area contributed by atoms with E-state index >= 15 is 0 Å². The lowest BCUT2D eigenvalue weighted by Crippen LogP contribution is -1.96. The van der Waals surface area contributed by atoms with Gasteiger partial charge in [-0.25, -0.2) is 9.97 Å². The molecule has 0 aliphatic carbocycles. The Balaban J connectivity index is 1.21. The first kappa shape index (κ1) is 26.2.